The fourth-order valence-electron chi connectivity index (χ4n) is 3.23. The first kappa shape index (κ1) is 12.5. The highest BCUT2D eigenvalue weighted by molar-refractivity contribution is 5.65. The van der Waals surface area contributed by atoms with Crippen molar-refractivity contribution in [2.24, 2.45) is 11.8 Å². The maximum atomic E-state index is 4.68. The van der Waals surface area contributed by atoms with E-state index in [0.717, 1.165) is 23.1 Å². The Morgan fingerprint density at radius 3 is 2.76 bits per heavy atom. The Morgan fingerprint density at radius 1 is 1.24 bits per heavy atom. The molecule has 0 N–H and O–H groups in total. The first-order chi connectivity index (χ1) is 10.2. The maximum absolute atomic E-state index is 4.68. The molecule has 3 aromatic rings. The van der Waals surface area contributed by atoms with E-state index in [1.807, 2.05) is 23.1 Å². The molecule has 0 aliphatic heterocycles. The molecule has 1 aliphatic carbocycles. The largest absolute Gasteiger partial charge is 0.244 e. The third-order valence-electron chi connectivity index (χ3n) is 4.48. The van der Waals surface area contributed by atoms with Crippen molar-refractivity contribution in [2.75, 3.05) is 0 Å². The Kier molecular flexibility index (Phi) is 2.77. The van der Waals surface area contributed by atoms with Crippen LogP contribution in [0.5, 0.6) is 0 Å². The lowest BCUT2D eigenvalue weighted by atomic mass is 10.0. The molecule has 0 bridgehead atoms. The van der Waals surface area contributed by atoms with Gasteiger partial charge < -0.3 is 0 Å². The normalized spacial score (nSPS) is 21.1. The molecule has 21 heavy (non-hydrogen) atoms. The molecule has 0 saturated heterocycles. The van der Waals surface area contributed by atoms with Crippen LogP contribution in [-0.4, -0.2) is 19.6 Å². The van der Waals surface area contributed by atoms with Gasteiger partial charge in [0.2, 0.25) is 0 Å². The highest BCUT2D eigenvalue weighted by Crippen LogP contribution is 2.53. The predicted molar refractivity (Wildman–Crippen MR) is 81.9 cm³/mol. The van der Waals surface area contributed by atoms with E-state index < -0.39 is 0 Å². The molecule has 106 valence electrons. The van der Waals surface area contributed by atoms with Gasteiger partial charge >= 0.3 is 0 Å². The first-order valence-corrected chi connectivity index (χ1v) is 7.47. The van der Waals surface area contributed by atoms with Crippen molar-refractivity contribution < 1.29 is 0 Å². The average molecular weight is 278 g/mol. The number of nitrogens with zero attached hydrogens (tertiary/aromatic N) is 4. The molecule has 2 atom stereocenters. The van der Waals surface area contributed by atoms with Crippen molar-refractivity contribution in [1.29, 1.82) is 0 Å². The number of hydrogen-bond acceptors (Lipinski definition) is 3. The summed E-state index contributed by atoms with van der Waals surface area (Å²) in [4.78, 5) is 8.20. The molecule has 0 spiro atoms. The fraction of sp³-hybridized carbons (Fsp3) is 0.353. The van der Waals surface area contributed by atoms with Crippen LogP contribution in [0.2, 0.25) is 0 Å². The van der Waals surface area contributed by atoms with Crippen molar-refractivity contribution in [3.63, 3.8) is 0 Å². The molecule has 0 radical (unpaired) electrons. The van der Waals surface area contributed by atoms with Crippen molar-refractivity contribution in [2.45, 2.75) is 26.2 Å². The quantitative estimate of drug-likeness (QED) is 0.736. The summed E-state index contributed by atoms with van der Waals surface area (Å²) in [5.74, 6) is 2.20. The minimum Gasteiger partial charge on any atom is -0.244 e. The first-order valence-electron chi connectivity index (χ1n) is 7.47. The molecule has 0 amide bonds. The van der Waals surface area contributed by atoms with Crippen molar-refractivity contribution >= 4 is 5.52 Å². The highest BCUT2D eigenvalue weighted by atomic mass is 15.2. The highest BCUT2D eigenvalue weighted by Gasteiger charge is 2.41. The SMILES string of the molecule is CC(C)[C@H]1C[C@@H]1c1cc(-c2cncnc2)nn2cccc12. The minimum absolute atomic E-state index is 0.661. The van der Waals surface area contributed by atoms with Crippen LogP contribution in [0.25, 0.3) is 16.8 Å². The molecular formula is C17H18N4. The van der Waals surface area contributed by atoms with Crippen molar-refractivity contribution in [1.82, 2.24) is 19.6 Å². The van der Waals surface area contributed by atoms with Gasteiger partial charge in [-0.2, -0.15) is 5.10 Å². The van der Waals surface area contributed by atoms with Crippen LogP contribution >= 0.6 is 0 Å². The van der Waals surface area contributed by atoms with Gasteiger partial charge in [-0.15, -0.1) is 0 Å². The zero-order valence-electron chi connectivity index (χ0n) is 12.3. The van der Waals surface area contributed by atoms with Gasteiger partial charge in [-0.25, -0.2) is 14.5 Å². The van der Waals surface area contributed by atoms with Crippen LogP contribution < -0.4 is 0 Å². The molecule has 4 heteroatoms. The van der Waals surface area contributed by atoms with E-state index in [-0.39, 0.29) is 0 Å². The number of fused-ring (bicyclic) bond motifs is 1. The fourth-order valence-corrected chi connectivity index (χ4v) is 3.23. The summed E-state index contributed by atoms with van der Waals surface area (Å²) in [6.07, 6.45) is 8.49. The lowest BCUT2D eigenvalue weighted by Crippen LogP contribution is -2.00. The van der Waals surface area contributed by atoms with Gasteiger partial charge in [-0.3, -0.25) is 0 Å². The molecular weight excluding hydrogens is 260 g/mol. The Labute approximate surface area is 123 Å². The zero-order chi connectivity index (χ0) is 14.4. The second-order valence-electron chi connectivity index (χ2n) is 6.20. The molecule has 1 aliphatic rings. The summed E-state index contributed by atoms with van der Waals surface area (Å²) in [5, 5.41) is 4.68. The predicted octanol–water partition coefficient (Wildman–Crippen LogP) is 3.55. The molecule has 3 heterocycles. The van der Waals surface area contributed by atoms with E-state index in [1.54, 1.807) is 6.33 Å². The molecule has 0 unspecified atom stereocenters. The van der Waals surface area contributed by atoms with Gasteiger partial charge in [0.15, 0.2) is 0 Å². The number of hydrogen-bond donors (Lipinski definition) is 0. The lowest BCUT2D eigenvalue weighted by molar-refractivity contribution is 0.549. The maximum Gasteiger partial charge on any atom is 0.115 e. The second kappa shape index (κ2) is 4.65. The monoisotopic (exact) mass is 278 g/mol. The van der Waals surface area contributed by atoms with Crippen LogP contribution in [-0.2, 0) is 0 Å². The third kappa shape index (κ3) is 2.11. The molecule has 1 saturated carbocycles. The van der Waals surface area contributed by atoms with Crippen LogP contribution in [0.15, 0.2) is 43.1 Å². The number of rotatable bonds is 3. The van der Waals surface area contributed by atoms with Gasteiger partial charge in [-0.05, 0) is 47.9 Å². The van der Waals surface area contributed by atoms with Crippen molar-refractivity contribution in [3.8, 4) is 11.3 Å². The van der Waals surface area contributed by atoms with Gasteiger partial charge in [0.05, 0.1) is 11.2 Å². The summed E-state index contributed by atoms with van der Waals surface area (Å²) in [5.41, 5.74) is 4.55. The summed E-state index contributed by atoms with van der Waals surface area (Å²) < 4.78 is 1.98. The Hall–Kier alpha value is -2.23. The van der Waals surface area contributed by atoms with Gasteiger partial charge in [-0.1, -0.05) is 13.8 Å². The Bertz CT molecular complexity index is 776. The zero-order valence-corrected chi connectivity index (χ0v) is 12.3. The van der Waals surface area contributed by atoms with E-state index in [9.17, 15) is 0 Å². The van der Waals surface area contributed by atoms with Crippen LogP contribution in [0.1, 0.15) is 31.7 Å². The van der Waals surface area contributed by atoms with Crippen LogP contribution in [0.3, 0.4) is 0 Å². The lowest BCUT2D eigenvalue weighted by Gasteiger charge is -2.09. The minimum atomic E-state index is 0.661. The van der Waals surface area contributed by atoms with Gasteiger partial charge in [0, 0.05) is 24.2 Å². The summed E-state index contributed by atoms with van der Waals surface area (Å²) in [7, 11) is 0. The average Bonchev–Trinajstić information content (AvgIpc) is 3.17. The summed E-state index contributed by atoms with van der Waals surface area (Å²) in [6, 6.07) is 6.44. The smallest absolute Gasteiger partial charge is 0.115 e. The van der Waals surface area contributed by atoms with E-state index in [1.165, 1.54) is 17.5 Å². The van der Waals surface area contributed by atoms with Gasteiger partial charge in [0.1, 0.15) is 6.33 Å². The molecule has 4 rings (SSSR count). The Balaban J connectivity index is 1.84. The molecule has 1 fully saturated rings. The van der Waals surface area contributed by atoms with E-state index >= 15 is 0 Å². The van der Waals surface area contributed by atoms with E-state index in [2.05, 4.69) is 47.1 Å². The van der Waals surface area contributed by atoms with Crippen molar-refractivity contribution in [3.05, 3.63) is 48.7 Å². The number of aromatic nitrogens is 4. The second-order valence-corrected chi connectivity index (χ2v) is 6.20. The van der Waals surface area contributed by atoms with Crippen LogP contribution in [0, 0.1) is 11.8 Å². The summed E-state index contributed by atoms with van der Waals surface area (Å²) >= 11 is 0. The van der Waals surface area contributed by atoms with E-state index in [0.29, 0.717) is 5.92 Å². The standard InChI is InChI=1S/C17H18N4/c1-11(2)13-6-14(13)15-7-16(12-8-18-10-19-9-12)20-21-5-3-4-17(15)21/h3-5,7-11,13-14H,6H2,1-2H3/t13-,14+/m1/s1. The van der Waals surface area contributed by atoms with Gasteiger partial charge in [0.25, 0.3) is 0 Å². The van der Waals surface area contributed by atoms with E-state index in [4.69, 9.17) is 0 Å². The van der Waals surface area contributed by atoms with Crippen LogP contribution in [0.4, 0.5) is 0 Å². The third-order valence-corrected chi connectivity index (χ3v) is 4.48. The summed E-state index contributed by atoms with van der Waals surface area (Å²) in [6.45, 7) is 4.63. The Morgan fingerprint density at radius 2 is 2.05 bits per heavy atom. The molecule has 4 nitrogen and oxygen atoms in total. The molecule has 3 aromatic heterocycles. The topological polar surface area (TPSA) is 43.1 Å². The molecule has 0 aromatic carbocycles.